The Hall–Kier alpha value is 0. The summed E-state index contributed by atoms with van der Waals surface area (Å²) in [6.45, 7) is 28.3. The molecule has 0 radical (unpaired) electrons. The molecule has 0 amide bonds. The molecule has 158 valence electrons. The van der Waals surface area contributed by atoms with Crippen molar-refractivity contribution in [2.24, 2.45) is 88.8 Å². The number of rotatable bonds is 2. The van der Waals surface area contributed by atoms with Gasteiger partial charge in [-0.3, -0.25) is 0 Å². The van der Waals surface area contributed by atoms with Gasteiger partial charge in [-0.05, 0) is 95.2 Å². The van der Waals surface area contributed by atoms with Gasteiger partial charge in [0.25, 0.3) is 0 Å². The third-order valence-electron chi connectivity index (χ3n) is 11.9. The van der Waals surface area contributed by atoms with E-state index in [2.05, 4.69) is 76.2 Å². The molecular weight excluding hydrogens is 324 g/mol. The van der Waals surface area contributed by atoms with Crippen LogP contribution in [-0.4, -0.2) is 0 Å². The van der Waals surface area contributed by atoms with Crippen molar-refractivity contribution < 1.29 is 0 Å². The summed E-state index contributed by atoms with van der Waals surface area (Å²) in [6, 6.07) is 0. The van der Waals surface area contributed by atoms with Gasteiger partial charge in [-0.25, -0.2) is 0 Å². The van der Waals surface area contributed by atoms with Gasteiger partial charge in [0, 0.05) is 0 Å². The van der Waals surface area contributed by atoms with E-state index in [1.807, 2.05) is 0 Å². The van der Waals surface area contributed by atoms with Crippen LogP contribution in [0, 0.1) is 88.8 Å². The summed E-state index contributed by atoms with van der Waals surface area (Å²) < 4.78 is 0. The van der Waals surface area contributed by atoms with Gasteiger partial charge in [0.15, 0.2) is 0 Å². The Morgan fingerprint density at radius 1 is 0.481 bits per heavy atom. The molecule has 0 heterocycles. The molecule has 0 spiro atoms. The topological polar surface area (TPSA) is 0 Å². The zero-order valence-electron chi connectivity index (χ0n) is 20.4. The summed E-state index contributed by atoms with van der Waals surface area (Å²) in [5, 5.41) is 0. The molecule has 0 heteroatoms. The zero-order chi connectivity index (χ0) is 20.4. The highest BCUT2D eigenvalue weighted by atomic mass is 14.6. The van der Waals surface area contributed by atoms with Crippen molar-refractivity contribution in [2.75, 3.05) is 0 Å². The lowest BCUT2D eigenvalue weighted by atomic mass is 9.54. The van der Waals surface area contributed by atoms with Crippen molar-refractivity contribution in [3.05, 3.63) is 0 Å². The molecule has 3 aliphatic carbocycles. The largest absolute Gasteiger partial charge is 0.0620 e. The van der Waals surface area contributed by atoms with E-state index >= 15 is 0 Å². The SMILES string of the molecule is CC1C(C)C(C)C(C(C)C2CC3C(C)C(C)C(C)C(C)C3C2C)C(C)C1C. The Bertz CT molecular complexity index is 492. The maximum absolute atomic E-state index is 2.66. The first-order valence-electron chi connectivity index (χ1n) is 12.5. The predicted octanol–water partition coefficient (Wildman–Crippen LogP) is 7.88. The van der Waals surface area contributed by atoms with Crippen LogP contribution in [0.15, 0.2) is 0 Å². The molecule has 0 N–H and O–H groups in total. The average molecular weight is 375 g/mol. The number of hydrogen-bond acceptors (Lipinski definition) is 0. The fourth-order valence-corrected chi connectivity index (χ4v) is 9.05. The van der Waals surface area contributed by atoms with E-state index in [-0.39, 0.29) is 0 Å². The van der Waals surface area contributed by atoms with Crippen LogP contribution in [0.1, 0.15) is 82.6 Å². The minimum Gasteiger partial charge on any atom is -0.0620 e. The van der Waals surface area contributed by atoms with Gasteiger partial charge < -0.3 is 0 Å². The van der Waals surface area contributed by atoms with Crippen LogP contribution < -0.4 is 0 Å². The Morgan fingerprint density at radius 2 is 0.889 bits per heavy atom. The van der Waals surface area contributed by atoms with Crippen LogP contribution in [0.25, 0.3) is 0 Å². The third kappa shape index (κ3) is 3.24. The van der Waals surface area contributed by atoms with E-state index < -0.39 is 0 Å². The Balaban J connectivity index is 1.84. The summed E-state index contributed by atoms with van der Waals surface area (Å²) >= 11 is 0. The van der Waals surface area contributed by atoms with Crippen LogP contribution in [-0.2, 0) is 0 Å². The summed E-state index contributed by atoms with van der Waals surface area (Å²) in [7, 11) is 0. The first kappa shape index (κ1) is 21.7. The predicted molar refractivity (Wildman–Crippen MR) is 119 cm³/mol. The Morgan fingerprint density at radius 3 is 1.41 bits per heavy atom. The molecule has 27 heavy (non-hydrogen) atoms. The molecule has 0 bridgehead atoms. The van der Waals surface area contributed by atoms with Crippen molar-refractivity contribution in [2.45, 2.75) is 82.6 Å². The second-order valence-corrected chi connectivity index (χ2v) is 12.2. The van der Waals surface area contributed by atoms with Crippen molar-refractivity contribution in [3.63, 3.8) is 0 Å². The van der Waals surface area contributed by atoms with Crippen LogP contribution in [0.2, 0.25) is 0 Å². The molecule has 3 aliphatic rings. The second-order valence-electron chi connectivity index (χ2n) is 12.2. The Labute approximate surface area is 171 Å². The lowest BCUT2D eigenvalue weighted by Crippen LogP contribution is -2.45. The highest BCUT2D eigenvalue weighted by molar-refractivity contribution is 5.03. The lowest BCUT2D eigenvalue weighted by Gasteiger charge is -2.51. The molecule has 0 nitrogen and oxygen atoms in total. The molecular formula is C27H50. The Kier molecular flexibility index (Phi) is 6.17. The third-order valence-corrected chi connectivity index (χ3v) is 11.9. The molecule has 0 aromatic heterocycles. The summed E-state index contributed by atoms with van der Waals surface area (Å²) in [5.74, 6) is 13.6. The highest BCUT2D eigenvalue weighted by Gasteiger charge is 2.54. The van der Waals surface area contributed by atoms with E-state index in [0.717, 1.165) is 88.8 Å². The van der Waals surface area contributed by atoms with Crippen molar-refractivity contribution in [1.82, 2.24) is 0 Å². The maximum Gasteiger partial charge on any atom is -0.0326 e. The molecule has 3 rings (SSSR count). The minimum absolute atomic E-state index is 0.875. The van der Waals surface area contributed by atoms with E-state index in [1.54, 1.807) is 0 Å². The molecule has 0 aromatic rings. The molecule has 3 fully saturated rings. The van der Waals surface area contributed by atoms with Crippen molar-refractivity contribution >= 4 is 0 Å². The minimum atomic E-state index is 0.875. The highest BCUT2D eigenvalue weighted by Crippen LogP contribution is 2.60. The van der Waals surface area contributed by atoms with E-state index in [1.165, 1.54) is 6.42 Å². The zero-order valence-corrected chi connectivity index (χ0v) is 20.4. The van der Waals surface area contributed by atoms with Crippen molar-refractivity contribution in [1.29, 1.82) is 0 Å². The van der Waals surface area contributed by atoms with Crippen molar-refractivity contribution in [3.8, 4) is 0 Å². The van der Waals surface area contributed by atoms with Gasteiger partial charge in [-0.1, -0.05) is 76.2 Å². The smallest absolute Gasteiger partial charge is 0.0326 e. The van der Waals surface area contributed by atoms with Crippen LogP contribution in [0.4, 0.5) is 0 Å². The summed E-state index contributed by atoms with van der Waals surface area (Å²) in [6.07, 6.45) is 1.52. The average Bonchev–Trinajstić information content (AvgIpc) is 2.98. The van der Waals surface area contributed by atoms with Gasteiger partial charge in [0.1, 0.15) is 0 Å². The quantitative estimate of drug-likeness (QED) is 0.461. The fraction of sp³-hybridized carbons (Fsp3) is 1.00. The summed E-state index contributed by atoms with van der Waals surface area (Å²) in [5.41, 5.74) is 0. The van der Waals surface area contributed by atoms with Gasteiger partial charge in [0.2, 0.25) is 0 Å². The maximum atomic E-state index is 2.66. The molecule has 0 saturated heterocycles. The van der Waals surface area contributed by atoms with Gasteiger partial charge >= 0.3 is 0 Å². The molecule has 0 aromatic carbocycles. The monoisotopic (exact) mass is 374 g/mol. The summed E-state index contributed by atoms with van der Waals surface area (Å²) in [4.78, 5) is 0. The molecule has 3 saturated carbocycles. The second kappa shape index (κ2) is 7.68. The van der Waals surface area contributed by atoms with Gasteiger partial charge in [0.05, 0.1) is 0 Å². The van der Waals surface area contributed by atoms with Crippen LogP contribution in [0.5, 0.6) is 0 Å². The first-order valence-corrected chi connectivity index (χ1v) is 12.5. The first-order chi connectivity index (χ1) is 12.5. The van der Waals surface area contributed by atoms with E-state index in [4.69, 9.17) is 0 Å². The molecule has 0 aliphatic heterocycles. The van der Waals surface area contributed by atoms with Crippen LogP contribution in [0.3, 0.4) is 0 Å². The fourth-order valence-electron chi connectivity index (χ4n) is 9.05. The molecule has 13 atom stereocenters. The standard InChI is InChI=1S/C27H50/c1-13-15(3)19(7)26(20(8)16(13)4)22(10)24-12-25-18(6)14(2)17(5)21(9)27(25)23(24)11/h13-27H,12H2,1-11H3. The van der Waals surface area contributed by atoms with Crippen LogP contribution >= 0.6 is 0 Å². The van der Waals surface area contributed by atoms with Gasteiger partial charge in [-0.15, -0.1) is 0 Å². The lowest BCUT2D eigenvalue weighted by molar-refractivity contribution is -0.0290. The number of fused-ring (bicyclic) bond motifs is 1. The van der Waals surface area contributed by atoms with E-state index in [9.17, 15) is 0 Å². The number of hydrogen-bond donors (Lipinski definition) is 0. The molecule has 13 unspecified atom stereocenters. The normalized spacial score (nSPS) is 60.1. The van der Waals surface area contributed by atoms with Gasteiger partial charge in [-0.2, -0.15) is 0 Å². The van der Waals surface area contributed by atoms with E-state index in [0.29, 0.717) is 0 Å².